The quantitative estimate of drug-likeness (QED) is 0.645. The minimum absolute atomic E-state index is 0.0162. The highest BCUT2D eigenvalue weighted by molar-refractivity contribution is 6.33. The molecule has 0 saturated carbocycles. The van der Waals surface area contributed by atoms with Crippen LogP contribution in [0.3, 0.4) is 0 Å². The van der Waals surface area contributed by atoms with Crippen molar-refractivity contribution in [1.82, 2.24) is 15.1 Å². The Labute approximate surface area is 190 Å². The third kappa shape index (κ3) is 6.82. The van der Waals surface area contributed by atoms with Gasteiger partial charge in [-0.25, -0.2) is 4.39 Å². The molecule has 0 aromatic heterocycles. The Morgan fingerprint density at radius 3 is 2.48 bits per heavy atom. The highest BCUT2D eigenvalue weighted by Crippen LogP contribution is 2.23. The summed E-state index contributed by atoms with van der Waals surface area (Å²) in [5.41, 5.74) is 0.183. The lowest BCUT2D eigenvalue weighted by molar-refractivity contribution is -0.132. The predicted octanol–water partition coefficient (Wildman–Crippen LogP) is 3.48. The largest absolute Gasteiger partial charge is 0.491 e. The first-order chi connectivity index (χ1) is 14.9. The van der Waals surface area contributed by atoms with E-state index in [1.165, 1.54) is 12.1 Å². The zero-order valence-corrected chi connectivity index (χ0v) is 18.5. The first kappa shape index (κ1) is 23.3. The summed E-state index contributed by atoms with van der Waals surface area (Å²) in [5, 5.41) is 3.28. The molecule has 9 heteroatoms. The molecule has 1 N–H and O–H groups in total. The fraction of sp³-hybridized carbons (Fsp3) is 0.364. The second-order valence-electron chi connectivity index (χ2n) is 7.13. The molecule has 2 aromatic carbocycles. The number of benzene rings is 2. The monoisotopic (exact) mass is 467 g/mol. The van der Waals surface area contributed by atoms with E-state index in [0.717, 1.165) is 25.7 Å². The highest BCUT2D eigenvalue weighted by Gasteiger charge is 2.21. The minimum atomic E-state index is -0.508. The third-order valence-corrected chi connectivity index (χ3v) is 5.65. The molecule has 166 valence electrons. The normalized spacial score (nSPS) is 14.4. The van der Waals surface area contributed by atoms with Gasteiger partial charge in [-0.15, -0.1) is 0 Å². The van der Waals surface area contributed by atoms with Gasteiger partial charge in [0.25, 0.3) is 5.91 Å². The van der Waals surface area contributed by atoms with Crippen molar-refractivity contribution in [3.8, 4) is 5.75 Å². The number of carbonyl (C=O) groups excluding carboxylic acids is 2. The number of halogens is 3. The predicted molar refractivity (Wildman–Crippen MR) is 118 cm³/mol. The number of para-hydroxylation sites is 1. The lowest BCUT2D eigenvalue weighted by atomic mass is 10.2. The maximum Gasteiger partial charge on any atom is 0.252 e. The van der Waals surface area contributed by atoms with Crippen LogP contribution in [0.2, 0.25) is 10.0 Å². The SMILES string of the molecule is O=C(NCCC(=O)N1CCN(CCOc2ccccc2Cl)CC1)c1ccc(F)cc1Cl. The number of hydrogen-bond donors (Lipinski definition) is 1. The van der Waals surface area contributed by atoms with Crippen LogP contribution in [0, 0.1) is 5.82 Å². The van der Waals surface area contributed by atoms with Gasteiger partial charge < -0.3 is 15.0 Å². The Morgan fingerprint density at radius 1 is 1.03 bits per heavy atom. The Kier molecular flexibility index (Phi) is 8.51. The molecule has 1 fully saturated rings. The molecule has 3 rings (SSSR count). The molecule has 0 bridgehead atoms. The van der Waals surface area contributed by atoms with E-state index in [1.54, 1.807) is 11.0 Å². The van der Waals surface area contributed by atoms with Gasteiger partial charge in [-0.3, -0.25) is 14.5 Å². The number of ether oxygens (including phenoxy) is 1. The van der Waals surface area contributed by atoms with Crippen molar-refractivity contribution < 1.29 is 18.7 Å². The topological polar surface area (TPSA) is 61.9 Å². The van der Waals surface area contributed by atoms with Crippen molar-refractivity contribution in [3.63, 3.8) is 0 Å². The number of carbonyl (C=O) groups is 2. The molecule has 0 spiro atoms. The van der Waals surface area contributed by atoms with Gasteiger partial charge in [0.2, 0.25) is 5.91 Å². The summed E-state index contributed by atoms with van der Waals surface area (Å²) < 4.78 is 18.8. The Bertz CT molecular complexity index is 921. The molecule has 31 heavy (non-hydrogen) atoms. The fourth-order valence-corrected chi connectivity index (χ4v) is 3.72. The van der Waals surface area contributed by atoms with E-state index in [1.807, 2.05) is 18.2 Å². The van der Waals surface area contributed by atoms with E-state index in [0.29, 0.717) is 30.5 Å². The minimum Gasteiger partial charge on any atom is -0.491 e. The number of piperazine rings is 1. The maximum atomic E-state index is 13.1. The van der Waals surface area contributed by atoms with Crippen molar-refractivity contribution in [2.24, 2.45) is 0 Å². The molecule has 0 radical (unpaired) electrons. The van der Waals surface area contributed by atoms with Crippen LogP contribution in [0.25, 0.3) is 0 Å². The number of rotatable bonds is 8. The van der Waals surface area contributed by atoms with Crippen molar-refractivity contribution in [1.29, 1.82) is 0 Å². The van der Waals surface area contributed by atoms with Crippen LogP contribution in [0.15, 0.2) is 42.5 Å². The third-order valence-electron chi connectivity index (χ3n) is 5.03. The van der Waals surface area contributed by atoms with Gasteiger partial charge in [-0.1, -0.05) is 35.3 Å². The lowest BCUT2D eigenvalue weighted by Crippen LogP contribution is -2.50. The number of nitrogens with zero attached hydrogens (tertiary/aromatic N) is 2. The van der Waals surface area contributed by atoms with Crippen LogP contribution in [0.4, 0.5) is 4.39 Å². The van der Waals surface area contributed by atoms with Gasteiger partial charge in [-0.05, 0) is 30.3 Å². The molecule has 6 nitrogen and oxygen atoms in total. The van der Waals surface area contributed by atoms with Crippen molar-refractivity contribution in [2.75, 3.05) is 45.9 Å². The molecule has 2 amide bonds. The van der Waals surface area contributed by atoms with Crippen LogP contribution < -0.4 is 10.1 Å². The van der Waals surface area contributed by atoms with E-state index >= 15 is 0 Å². The summed E-state index contributed by atoms with van der Waals surface area (Å²) in [5.74, 6) is -0.285. The van der Waals surface area contributed by atoms with E-state index < -0.39 is 11.7 Å². The summed E-state index contributed by atoms with van der Waals surface area (Å²) in [6, 6.07) is 10.9. The van der Waals surface area contributed by atoms with Gasteiger partial charge in [-0.2, -0.15) is 0 Å². The smallest absolute Gasteiger partial charge is 0.252 e. The molecule has 0 unspecified atom stereocenters. The number of amides is 2. The summed E-state index contributed by atoms with van der Waals surface area (Å²) in [6.45, 7) is 4.24. The first-order valence-electron chi connectivity index (χ1n) is 10.0. The van der Waals surface area contributed by atoms with Gasteiger partial charge in [0.05, 0.1) is 15.6 Å². The average molecular weight is 468 g/mol. The molecule has 1 aliphatic heterocycles. The number of nitrogens with one attached hydrogen (secondary N) is 1. The molecular weight excluding hydrogens is 444 g/mol. The molecule has 1 heterocycles. The van der Waals surface area contributed by atoms with Gasteiger partial charge in [0.1, 0.15) is 18.2 Å². The zero-order valence-electron chi connectivity index (χ0n) is 17.0. The lowest BCUT2D eigenvalue weighted by Gasteiger charge is -2.34. The molecule has 0 atom stereocenters. The molecule has 0 aliphatic carbocycles. The Balaban J connectivity index is 1.33. The average Bonchev–Trinajstić information content (AvgIpc) is 2.75. The van der Waals surface area contributed by atoms with Crippen molar-refractivity contribution in [2.45, 2.75) is 6.42 Å². The zero-order chi connectivity index (χ0) is 22.2. The highest BCUT2D eigenvalue weighted by atomic mass is 35.5. The first-order valence-corrected chi connectivity index (χ1v) is 10.8. The Hall–Kier alpha value is -2.35. The summed E-state index contributed by atoms with van der Waals surface area (Å²) >= 11 is 12.0. The van der Waals surface area contributed by atoms with Crippen molar-refractivity contribution >= 4 is 35.0 Å². The standard InChI is InChI=1S/C22H24Cl2FN3O3/c23-18-3-1-2-4-20(18)31-14-13-27-9-11-28(12-10-27)21(29)7-8-26-22(30)17-6-5-16(25)15-19(17)24/h1-6,15H,7-14H2,(H,26,30). The van der Waals surface area contributed by atoms with Crippen LogP contribution in [-0.2, 0) is 4.79 Å². The van der Waals surface area contributed by atoms with E-state index in [-0.39, 0.29) is 29.5 Å². The molecular formula is C22H24Cl2FN3O3. The maximum absolute atomic E-state index is 13.1. The second kappa shape index (κ2) is 11.3. The van der Waals surface area contributed by atoms with Crippen molar-refractivity contribution in [3.05, 3.63) is 63.9 Å². The van der Waals surface area contributed by atoms with E-state index in [4.69, 9.17) is 27.9 Å². The molecule has 2 aromatic rings. The van der Waals surface area contributed by atoms with Gasteiger partial charge in [0.15, 0.2) is 0 Å². The number of hydrogen-bond acceptors (Lipinski definition) is 4. The van der Waals surface area contributed by atoms with E-state index in [9.17, 15) is 14.0 Å². The summed E-state index contributed by atoms with van der Waals surface area (Å²) in [6.07, 6.45) is 0.195. The second-order valence-corrected chi connectivity index (χ2v) is 7.95. The molecule has 1 aliphatic rings. The van der Waals surface area contributed by atoms with Crippen LogP contribution in [0.5, 0.6) is 5.75 Å². The van der Waals surface area contributed by atoms with Crippen LogP contribution in [0.1, 0.15) is 16.8 Å². The fourth-order valence-electron chi connectivity index (χ4n) is 3.28. The molecule has 1 saturated heterocycles. The van der Waals surface area contributed by atoms with E-state index in [2.05, 4.69) is 10.2 Å². The summed E-state index contributed by atoms with van der Waals surface area (Å²) in [7, 11) is 0. The van der Waals surface area contributed by atoms with Crippen LogP contribution >= 0.6 is 23.2 Å². The summed E-state index contributed by atoms with van der Waals surface area (Å²) in [4.78, 5) is 28.6. The Morgan fingerprint density at radius 2 is 1.77 bits per heavy atom. The van der Waals surface area contributed by atoms with Gasteiger partial charge >= 0.3 is 0 Å². The van der Waals surface area contributed by atoms with Crippen LogP contribution in [-0.4, -0.2) is 67.5 Å². The van der Waals surface area contributed by atoms with Gasteiger partial charge in [0, 0.05) is 45.7 Å².